The van der Waals surface area contributed by atoms with Crippen LogP contribution in [0.25, 0.3) is 0 Å². The Hall–Kier alpha value is -2.41. The molecule has 0 spiro atoms. The van der Waals surface area contributed by atoms with Gasteiger partial charge in [0, 0.05) is 18.4 Å². The van der Waals surface area contributed by atoms with Crippen molar-refractivity contribution in [1.29, 1.82) is 0 Å². The molecule has 0 fully saturated rings. The van der Waals surface area contributed by atoms with Gasteiger partial charge in [-0.3, -0.25) is 4.79 Å². The van der Waals surface area contributed by atoms with Crippen molar-refractivity contribution in [3.05, 3.63) is 53.3 Å². The van der Waals surface area contributed by atoms with Gasteiger partial charge in [0.2, 0.25) is 0 Å². The minimum Gasteiger partial charge on any atom is -0.330 e. The molecule has 2 heterocycles. The predicted octanol–water partition coefficient (Wildman–Crippen LogP) is 3.03. The largest absolute Gasteiger partial charge is 0.330 e. The number of hydrogen-bond donors (Lipinski definition) is 1. The Bertz CT molecular complexity index is 912. The number of amidine groups is 1. The van der Waals surface area contributed by atoms with Crippen LogP contribution in [0, 0.1) is 0 Å². The predicted molar refractivity (Wildman–Crippen MR) is 104 cm³/mol. The molecule has 2 aliphatic rings. The molecular weight excluding hydrogens is 350 g/mol. The van der Waals surface area contributed by atoms with Gasteiger partial charge in [-0.1, -0.05) is 26.0 Å². The Balaban J connectivity index is 1.84. The zero-order chi connectivity index (χ0) is 18.9. The van der Waals surface area contributed by atoms with E-state index in [1.165, 1.54) is 5.56 Å². The van der Waals surface area contributed by atoms with Crippen LogP contribution in [0.3, 0.4) is 0 Å². The highest BCUT2D eigenvalue weighted by Crippen LogP contribution is 2.24. The van der Waals surface area contributed by atoms with Crippen molar-refractivity contribution in [1.82, 2.24) is 4.90 Å². The number of rotatable bonds is 4. The zero-order valence-corrected chi connectivity index (χ0v) is 16.0. The summed E-state index contributed by atoms with van der Waals surface area (Å²) in [6, 6.07) is 7.73. The second-order valence-corrected chi connectivity index (χ2v) is 8.47. The van der Waals surface area contributed by atoms with Gasteiger partial charge in [0.15, 0.2) is 5.84 Å². The summed E-state index contributed by atoms with van der Waals surface area (Å²) < 4.78 is 27.5. The first-order chi connectivity index (χ1) is 12.3. The molecule has 0 saturated heterocycles. The number of benzene rings is 1. The molecule has 1 atom stereocenters. The summed E-state index contributed by atoms with van der Waals surface area (Å²) in [6.07, 6.45) is 4.53. The summed E-state index contributed by atoms with van der Waals surface area (Å²) in [5.74, 6) is 0.237. The fraction of sp³-hybridized carbons (Fsp3) is 0.368. The van der Waals surface area contributed by atoms with Crippen LogP contribution in [-0.2, 0) is 14.8 Å². The van der Waals surface area contributed by atoms with Crippen molar-refractivity contribution in [3.63, 3.8) is 0 Å². The number of amides is 1. The maximum absolute atomic E-state index is 12.7. The lowest BCUT2D eigenvalue weighted by molar-refractivity contribution is -0.112. The summed E-state index contributed by atoms with van der Waals surface area (Å²) in [5.41, 5.74) is 3.02. The third kappa shape index (κ3) is 3.88. The standard InChI is InChI=1S/C19H23N3O3S/c1-4-14(3)15-5-7-16(8-6-15)20-19(23)17-11-13(2)12-22-9-10-26(24,25)21-18(17)22/h5-8,11-12,14H,4,9-10H2,1-3H3,(H,20,23). The van der Waals surface area contributed by atoms with Crippen LogP contribution in [0.2, 0.25) is 0 Å². The van der Waals surface area contributed by atoms with Gasteiger partial charge in [-0.25, -0.2) is 8.42 Å². The smallest absolute Gasteiger partial charge is 0.259 e. The van der Waals surface area contributed by atoms with E-state index < -0.39 is 10.0 Å². The lowest BCUT2D eigenvalue weighted by atomic mass is 9.98. The number of anilines is 1. The Morgan fingerprint density at radius 2 is 2.00 bits per heavy atom. The van der Waals surface area contributed by atoms with Crippen molar-refractivity contribution >= 4 is 27.5 Å². The fourth-order valence-electron chi connectivity index (χ4n) is 2.95. The Morgan fingerprint density at radius 1 is 1.31 bits per heavy atom. The lowest BCUT2D eigenvalue weighted by Crippen LogP contribution is -2.41. The molecule has 2 aliphatic heterocycles. The van der Waals surface area contributed by atoms with E-state index in [9.17, 15) is 13.2 Å². The third-order valence-electron chi connectivity index (χ3n) is 4.65. The van der Waals surface area contributed by atoms with Crippen molar-refractivity contribution in [3.8, 4) is 0 Å². The SMILES string of the molecule is CCC(C)c1ccc(NC(=O)C2=CC(C)=CN3CCS(=O)(=O)N=C23)cc1. The average Bonchev–Trinajstić information content (AvgIpc) is 2.61. The summed E-state index contributed by atoms with van der Waals surface area (Å²) in [4.78, 5) is 14.5. The van der Waals surface area contributed by atoms with Crippen LogP contribution < -0.4 is 5.32 Å². The molecule has 1 aromatic rings. The van der Waals surface area contributed by atoms with Crippen LogP contribution in [0.5, 0.6) is 0 Å². The summed E-state index contributed by atoms with van der Waals surface area (Å²) in [6.45, 7) is 6.46. The molecule has 0 radical (unpaired) electrons. The molecular formula is C19H23N3O3S. The molecule has 0 bridgehead atoms. The number of nitrogens with zero attached hydrogens (tertiary/aromatic N) is 2. The number of sulfonamides is 1. The van der Waals surface area contributed by atoms with E-state index in [1.807, 2.05) is 37.4 Å². The molecule has 0 aliphatic carbocycles. The van der Waals surface area contributed by atoms with Crippen molar-refractivity contribution < 1.29 is 13.2 Å². The van der Waals surface area contributed by atoms with Gasteiger partial charge in [0.1, 0.15) is 0 Å². The normalized spacial score (nSPS) is 19.7. The first-order valence-corrected chi connectivity index (χ1v) is 10.3. The zero-order valence-electron chi connectivity index (χ0n) is 15.2. The molecule has 1 unspecified atom stereocenters. The monoisotopic (exact) mass is 373 g/mol. The minimum atomic E-state index is -3.53. The van der Waals surface area contributed by atoms with Crippen LogP contribution in [0.1, 0.15) is 38.7 Å². The quantitative estimate of drug-likeness (QED) is 0.880. The molecule has 0 saturated carbocycles. The first-order valence-electron chi connectivity index (χ1n) is 8.70. The molecule has 1 N–H and O–H groups in total. The number of carbonyl (C=O) groups excluding carboxylic acids is 1. The lowest BCUT2D eigenvalue weighted by Gasteiger charge is -2.30. The highest BCUT2D eigenvalue weighted by atomic mass is 32.2. The van der Waals surface area contributed by atoms with E-state index in [1.54, 1.807) is 11.0 Å². The second-order valence-electron chi connectivity index (χ2n) is 6.71. The minimum absolute atomic E-state index is 0.0494. The number of nitrogens with one attached hydrogen (secondary N) is 1. The average molecular weight is 373 g/mol. The van der Waals surface area contributed by atoms with Crippen molar-refractivity contribution in [2.24, 2.45) is 4.40 Å². The Labute approximate surface area is 154 Å². The molecule has 0 aromatic heterocycles. The maximum atomic E-state index is 12.7. The topological polar surface area (TPSA) is 78.8 Å². The first kappa shape index (κ1) is 18.4. The van der Waals surface area contributed by atoms with E-state index >= 15 is 0 Å². The van der Waals surface area contributed by atoms with E-state index in [-0.39, 0.29) is 23.1 Å². The van der Waals surface area contributed by atoms with E-state index in [2.05, 4.69) is 23.6 Å². The van der Waals surface area contributed by atoms with E-state index in [0.717, 1.165) is 12.0 Å². The number of fused-ring (bicyclic) bond motifs is 1. The van der Waals surface area contributed by atoms with Crippen LogP contribution in [-0.4, -0.2) is 37.4 Å². The highest BCUT2D eigenvalue weighted by Gasteiger charge is 2.31. The van der Waals surface area contributed by atoms with E-state index in [4.69, 9.17) is 0 Å². The fourth-order valence-corrected chi connectivity index (χ4v) is 3.94. The highest BCUT2D eigenvalue weighted by molar-refractivity contribution is 7.90. The molecule has 1 amide bonds. The maximum Gasteiger partial charge on any atom is 0.259 e. The van der Waals surface area contributed by atoms with Crippen LogP contribution >= 0.6 is 0 Å². The molecule has 3 rings (SSSR count). The van der Waals surface area contributed by atoms with Crippen LogP contribution in [0.15, 0.2) is 52.1 Å². The van der Waals surface area contributed by atoms with Gasteiger partial charge < -0.3 is 10.2 Å². The van der Waals surface area contributed by atoms with Gasteiger partial charge in [0.25, 0.3) is 15.9 Å². The van der Waals surface area contributed by atoms with Gasteiger partial charge in [-0.2, -0.15) is 0 Å². The third-order valence-corrected chi connectivity index (χ3v) is 5.80. The number of hydrogen-bond acceptors (Lipinski definition) is 4. The van der Waals surface area contributed by atoms with Crippen molar-refractivity contribution in [2.45, 2.75) is 33.1 Å². The summed E-state index contributed by atoms with van der Waals surface area (Å²) >= 11 is 0. The molecule has 26 heavy (non-hydrogen) atoms. The van der Waals surface area contributed by atoms with E-state index in [0.29, 0.717) is 18.2 Å². The summed E-state index contributed by atoms with van der Waals surface area (Å²) in [7, 11) is -3.53. The van der Waals surface area contributed by atoms with Gasteiger partial charge in [-0.15, -0.1) is 4.40 Å². The summed E-state index contributed by atoms with van der Waals surface area (Å²) in [5, 5.41) is 2.84. The van der Waals surface area contributed by atoms with Gasteiger partial charge >= 0.3 is 0 Å². The Kier molecular flexibility index (Phi) is 5.00. The number of carbonyl (C=O) groups is 1. The molecule has 1 aromatic carbocycles. The molecule has 6 nitrogen and oxygen atoms in total. The Morgan fingerprint density at radius 3 is 2.65 bits per heavy atom. The van der Waals surface area contributed by atoms with Crippen molar-refractivity contribution in [2.75, 3.05) is 17.6 Å². The molecule has 7 heteroatoms. The van der Waals surface area contributed by atoms with Gasteiger partial charge in [0.05, 0.1) is 11.3 Å². The van der Waals surface area contributed by atoms with Crippen LogP contribution in [0.4, 0.5) is 5.69 Å². The molecule has 138 valence electrons. The second kappa shape index (κ2) is 7.07. The number of allylic oxidation sites excluding steroid dienone is 2. The van der Waals surface area contributed by atoms with Gasteiger partial charge in [-0.05, 0) is 48.6 Å².